The number of nitrogens with zero attached hydrogens (tertiary/aromatic N) is 1. The normalized spacial score (nSPS) is 10.2. The summed E-state index contributed by atoms with van der Waals surface area (Å²) in [6.45, 7) is 3.73. The van der Waals surface area contributed by atoms with Crippen molar-refractivity contribution < 1.29 is 14.3 Å². The molecule has 9 heteroatoms. The first-order valence-corrected chi connectivity index (χ1v) is 9.65. The van der Waals surface area contributed by atoms with Gasteiger partial charge in [-0.2, -0.15) is 5.26 Å². The van der Waals surface area contributed by atoms with E-state index in [2.05, 4.69) is 21.2 Å². The smallest absolute Gasteiger partial charge is 0.348 e. The molecule has 0 radical (unpaired) electrons. The Hall–Kier alpha value is -1.34. The van der Waals surface area contributed by atoms with Crippen LogP contribution in [0.5, 0.6) is 0 Å². The van der Waals surface area contributed by atoms with Crippen LogP contribution in [0.3, 0.4) is 0 Å². The number of nitrogens with one attached hydrogen (secondary N) is 1. The highest BCUT2D eigenvalue weighted by Crippen LogP contribution is 2.40. The molecule has 0 saturated heterocycles. The number of carbonyl (C=O) groups excluding carboxylic acids is 2. The first kappa shape index (κ1) is 18.0. The molecule has 0 spiro atoms. The fourth-order valence-corrected chi connectivity index (χ4v) is 4.82. The highest BCUT2D eigenvalue weighted by atomic mass is 79.9. The van der Waals surface area contributed by atoms with Gasteiger partial charge in [-0.25, -0.2) is 4.79 Å². The number of nitriles is 1. The minimum absolute atomic E-state index is 0.266. The molecule has 0 aliphatic heterocycles. The second-order valence-corrected chi connectivity index (χ2v) is 8.46. The molecular formula is C14H11BrN2O3S3. The number of halogens is 1. The molecule has 120 valence electrons. The Balaban J connectivity index is 2.33. The molecule has 1 amide bonds. The first-order valence-electron chi connectivity index (χ1n) is 6.41. The largest absolute Gasteiger partial charge is 0.462 e. The molecule has 23 heavy (non-hydrogen) atoms. The molecule has 0 saturated carbocycles. The Bertz CT molecular complexity index is 792. The van der Waals surface area contributed by atoms with Crippen LogP contribution in [0, 0.1) is 17.6 Å². The average Bonchev–Trinajstić information content (AvgIpc) is 3.06. The molecule has 2 aromatic rings. The molecule has 2 heterocycles. The second kappa shape index (κ2) is 7.97. The lowest BCUT2D eigenvalue weighted by Crippen LogP contribution is -2.09. The van der Waals surface area contributed by atoms with Crippen molar-refractivity contribution in [3.05, 3.63) is 31.2 Å². The van der Waals surface area contributed by atoms with Gasteiger partial charge in [0, 0.05) is 0 Å². The maximum atomic E-state index is 12.3. The lowest BCUT2D eigenvalue weighted by atomic mass is 10.3. The zero-order chi connectivity index (χ0) is 17.0. The maximum Gasteiger partial charge on any atom is 0.348 e. The van der Waals surface area contributed by atoms with Crippen molar-refractivity contribution in [3.63, 3.8) is 0 Å². The SMILES string of the molecule is CCOC(=O)c1sc(NC(=O)c2ccc(Br)s2)c(SC#N)c1C. The highest BCUT2D eigenvalue weighted by molar-refractivity contribution is 9.11. The van der Waals surface area contributed by atoms with Crippen molar-refractivity contribution in [2.75, 3.05) is 11.9 Å². The Morgan fingerprint density at radius 2 is 2.17 bits per heavy atom. The quantitative estimate of drug-likeness (QED) is 0.415. The van der Waals surface area contributed by atoms with Gasteiger partial charge in [0.1, 0.15) is 15.3 Å². The third-order valence-electron chi connectivity index (χ3n) is 2.72. The Kier molecular flexibility index (Phi) is 6.24. The van der Waals surface area contributed by atoms with E-state index < -0.39 is 5.97 Å². The molecule has 1 N–H and O–H groups in total. The summed E-state index contributed by atoms with van der Waals surface area (Å²) in [7, 11) is 0. The number of rotatable bonds is 5. The van der Waals surface area contributed by atoms with Crippen LogP contribution in [0.1, 0.15) is 31.8 Å². The van der Waals surface area contributed by atoms with Crippen molar-refractivity contribution in [2.24, 2.45) is 0 Å². The van der Waals surface area contributed by atoms with Gasteiger partial charge in [0.25, 0.3) is 5.91 Å². The average molecular weight is 431 g/mol. The number of ether oxygens (including phenoxy) is 1. The van der Waals surface area contributed by atoms with E-state index in [4.69, 9.17) is 10.00 Å². The van der Waals surface area contributed by atoms with Crippen LogP contribution in [-0.4, -0.2) is 18.5 Å². The van der Waals surface area contributed by atoms with Crippen LogP contribution >= 0.6 is 50.4 Å². The van der Waals surface area contributed by atoms with Crippen LogP contribution in [0.15, 0.2) is 20.8 Å². The molecule has 2 aromatic heterocycles. The van der Waals surface area contributed by atoms with E-state index in [9.17, 15) is 9.59 Å². The first-order chi connectivity index (χ1) is 11.0. The van der Waals surface area contributed by atoms with Crippen molar-refractivity contribution in [2.45, 2.75) is 18.7 Å². The predicted molar refractivity (Wildman–Crippen MR) is 96.5 cm³/mol. The lowest BCUT2D eigenvalue weighted by molar-refractivity contribution is 0.0531. The number of carbonyl (C=O) groups is 2. The van der Waals surface area contributed by atoms with E-state index in [-0.39, 0.29) is 12.5 Å². The van der Waals surface area contributed by atoms with Gasteiger partial charge in [-0.05, 0) is 59.2 Å². The van der Waals surface area contributed by atoms with Crippen LogP contribution in [0.2, 0.25) is 0 Å². The van der Waals surface area contributed by atoms with Crippen LogP contribution in [0.25, 0.3) is 0 Å². The summed E-state index contributed by atoms with van der Waals surface area (Å²) in [4.78, 5) is 25.8. The molecule has 0 aliphatic rings. The molecule has 0 unspecified atom stereocenters. The number of hydrogen-bond acceptors (Lipinski definition) is 7. The minimum atomic E-state index is -0.450. The van der Waals surface area contributed by atoms with Gasteiger partial charge in [-0.1, -0.05) is 0 Å². The lowest BCUT2D eigenvalue weighted by Gasteiger charge is -2.02. The number of amides is 1. The standard InChI is InChI=1S/C14H11BrN2O3S3/c1-3-20-14(19)11-7(2)10(21-6-16)13(23-11)17-12(18)8-4-5-9(15)22-8/h4-5H,3H2,1-2H3,(H,17,18). The van der Waals surface area contributed by atoms with Crippen molar-refractivity contribution in [1.29, 1.82) is 5.26 Å². The van der Waals surface area contributed by atoms with Gasteiger partial charge in [-0.3, -0.25) is 4.79 Å². The van der Waals surface area contributed by atoms with Gasteiger partial charge < -0.3 is 10.1 Å². The summed E-state index contributed by atoms with van der Waals surface area (Å²) in [5, 5.41) is 14.2. The molecule has 0 aromatic carbocycles. The Labute approximate surface area is 153 Å². The molecule has 0 bridgehead atoms. The Morgan fingerprint density at radius 1 is 1.43 bits per heavy atom. The fraction of sp³-hybridized carbons (Fsp3) is 0.214. The van der Waals surface area contributed by atoms with E-state index in [0.29, 0.717) is 25.2 Å². The molecule has 2 rings (SSSR count). The Morgan fingerprint density at radius 3 is 2.74 bits per heavy atom. The summed E-state index contributed by atoms with van der Waals surface area (Å²) >= 11 is 6.65. The van der Waals surface area contributed by atoms with Crippen LogP contribution < -0.4 is 5.32 Å². The fourth-order valence-electron chi connectivity index (χ4n) is 1.74. The van der Waals surface area contributed by atoms with E-state index >= 15 is 0 Å². The summed E-state index contributed by atoms with van der Waals surface area (Å²) in [5.74, 6) is -0.730. The van der Waals surface area contributed by atoms with Gasteiger partial charge in [0.15, 0.2) is 0 Å². The minimum Gasteiger partial charge on any atom is -0.462 e. The highest BCUT2D eigenvalue weighted by Gasteiger charge is 2.23. The molecule has 5 nitrogen and oxygen atoms in total. The van der Waals surface area contributed by atoms with Crippen molar-refractivity contribution in [3.8, 4) is 5.40 Å². The molecule has 0 fully saturated rings. The van der Waals surface area contributed by atoms with Gasteiger partial charge in [0.2, 0.25) is 0 Å². The second-order valence-electron chi connectivity index (χ2n) is 4.19. The van der Waals surface area contributed by atoms with Crippen LogP contribution in [-0.2, 0) is 4.74 Å². The zero-order valence-corrected chi connectivity index (χ0v) is 16.2. The number of thioether (sulfide) groups is 1. The van der Waals surface area contributed by atoms with Gasteiger partial charge in [0.05, 0.1) is 20.2 Å². The number of hydrogen-bond donors (Lipinski definition) is 1. The third kappa shape index (κ3) is 4.14. The summed E-state index contributed by atoms with van der Waals surface area (Å²) < 4.78 is 5.86. The third-order valence-corrected chi connectivity index (χ3v) is 6.47. The van der Waals surface area contributed by atoms with Gasteiger partial charge in [-0.15, -0.1) is 22.7 Å². The van der Waals surface area contributed by atoms with Crippen molar-refractivity contribution in [1.82, 2.24) is 0 Å². The summed E-state index contributed by atoms with van der Waals surface area (Å²) in [5.41, 5.74) is 0.641. The number of anilines is 1. The summed E-state index contributed by atoms with van der Waals surface area (Å²) in [6.07, 6.45) is 0. The van der Waals surface area contributed by atoms with E-state index in [1.54, 1.807) is 26.0 Å². The van der Waals surface area contributed by atoms with Crippen LogP contribution in [0.4, 0.5) is 5.00 Å². The molecular weight excluding hydrogens is 420 g/mol. The predicted octanol–water partition coefficient (Wildman–Crippen LogP) is 4.88. The number of thiocyanates is 1. The van der Waals surface area contributed by atoms with E-state index in [0.717, 1.165) is 26.9 Å². The monoisotopic (exact) mass is 430 g/mol. The number of esters is 1. The zero-order valence-electron chi connectivity index (χ0n) is 12.1. The summed E-state index contributed by atoms with van der Waals surface area (Å²) in [6, 6.07) is 3.49. The topological polar surface area (TPSA) is 79.2 Å². The van der Waals surface area contributed by atoms with Crippen molar-refractivity contribution >= 4 is 67.2 Å². The molecule has 0 aliphatic carbocycles. The van der Waals surface area contributed by atoms with Gasteiger partial charge >= 0.3 is 5.97 Å². The molecule has 0 atom stereocenters. The van der Waals surface area contributed by atoms with E-state index in [1.165, 1.54) is 11.3 Å². The maximum absolute atomic E-state index is 12.3. The van der Waals surface area contributed by atoms with E-state index in [1.807, 2.05) is 5.40 Å². The number of thiophene rings is 2.